The van der Waals surface area contributed by atoms with Crippen LogP contribution >= 0.6 is 0 Å². The van der Waals surface area contributed by atoms with Crippen molar-refractivity contribution in [3.63, 3.8) is 0 Å². The Labute approximate surface area is 102 Å². The Morgan fingerprint density at radius 3 is 3.06 bits per heavy atom. The topological polar surface area (TPSA) is 59.1 Å². The zero-order valence-electron chi connectivity index (χ0n) is 10.3. The van der Waals surface area contributed by atoms with E-state index in [2.05, 4.69) is 27.8 Å². The molecule has 2 rings (SSSR count). The molecule has 1 aliphatic rings. The van der Waals surface area contributed by atoms with Crippen LogP contribution in [-0.2, 0) is 11.2 Å². The van der Waals surface area contributed by atoms with Crippen LogP contribution in [0.4, 0.5) is 5.82 Å². The number of aromatic nitrogens is 2. The van der Waals surface area contributed by atoms with Crippen molar-refractivity contribution in [2.45, 2.75) is 25.8 Å². The van der Waals surface area contributed by atoms with E-state index in [1.807, 2.05) is 12.1 Å². The molecule has 5 heteroatoms. The Kier molecular flexibility index (Phi) is 4.70. The van der Waals surface area contributed by atoms with Crippen LogP contribution in [0.2, 0.25) is 0 Å². The standard InChI is InChI=1S/C12H20N4O/c1-2-3-10-4-5-12(16-15-10)14-8-11-9-17-7-6-13-11/h4-5,11,13H,2-3,6-9H2,1H3,(H,14,16). The minimum atomic E-state index is 0.362. The van der Waals surface area contributed by atoms with Gasteiger partial charge in [-0.1, -0.05) is 13.3 Å². The molecule has 0 aliphatic carbocycles. The molecule has 0 spiro atoms. The van der Waals surface area contributed by atoms with E-state index in [4.69, 9.17) is 4.74 Å². The van der Waals surface area contributed by atoms with E-state index in [1.54, 1.807) is 0 Å². The van der Waals surface area contributed by atoms with Gasteiger partial charge in [-0.25, -0.2) is 0 Å². The summed E-state index contributed by atoms with van der Waals surface area (Å²) >= 11 is 0. The van der Waals surface area contributed by atoms with Gasteiger partial charge in [-0.05, 0) is 18.6 Å². The van der Waals surface area contributed by atoms with E-state index in [9.17, 15) is 0 Å². The second-order valence-electron chi connectivity index (χ2n) is 4.27. The second-order valence-corrected chi connectivity index (χ2v) is 4.27. The summed E-state index contributed by atoms with van der Waals surface area (Å²) in [5, 5.41) is 15.0. The van der Waals surface area contributed by atoms with E-state index in [0.717, 1.165) is 50.7 Å². The van der Waals surface area contributed by atoms with Crippen molar-refractivity contribution < 1.29 is 4.74 Å². The van der Waals surface area contributed by atoms with Gasteiger partial charge in [-0.15, -0.1) is 5.10 Å². The lowest BCUT2D eigenvalue weighted by molar-refractivity contribution is 0.0806. The molecule has 1 saturated heterocycles. The molecule has 2 N–H and O–H groups in total. The van der Waals surface area contributed by atoms with Crippen molar-refractivity contribution >= 4 is 5.82 Å². The molecule has 17 heavy (non-hydrogen) atoms. The Bertz CT molecular complexity index is 322. The lowest BCUT2D eigenvalue weighted by Crippen LogP contribution is -2.45. The molecule has 1 aromatic rings. The van der Waals surface area contributed by atoms with Crippen LogP contribution in [0.1, 0.15) is 19.0 Å². The fourth-order valence-corrected chi connectivity index (χ4v) is 1.82. The van der Waals surface area contributed by atoms with Crippen molar-refractivity contribution in [1.29, 1.82) is 0 Å². The molecule has 1 unspecified atom stereocenters. The average Bonchev–Trinajstić information content (AvgIpc) is 2.40. The average molecular weight is 236 g/mol. The number of hydrogen-bond acceptors (Lipinski definition) is 5. The fraction of sp³-hybridized carbons (Fsp3) is 0.667. The third kappa shape index (κ3) is 3.94. The van der Waals surface area contributed by atoms with E-state index in [0.29, 0.717) is 6.04 Å². The summed E-state index contributed by atoms with van der Waals surface area (Å²) < 4.78 is 5.38. The molecule has 0 aromatic carbocycles. The molecule has 0 amide bonds. The molecule has 1 aromatic heterocycles. The number of morpholine rings is 1. The van der Waals surface area contributed by atoms with Gasteiger partial charge in [0.1, 0.15) is 5.82 Å². The molecular weight excluding hydrogens is 216 g/mol. The predicted octanol–water partition coefficient (Wildman–Crippen LogP) is 0.829. The Balaban J connectivity index is 1.77. The van der Waals surface area contributed by atoms with Crippen molar-refractivity contribution in [2.75, 3.05) is 31.6 Å². The van der Waals surface area contributed by atoms with Crippen molar-refractivity contribution in [3.05, 3.63) is 17.8 Å². The van der Waals surface area contributed by atoms with Crippen LogP contribution in [0.15, 0.2) is 12.1 Å². The number of hydrogen-bond donors (Lipinski definition) is 2. The summed E-state index contributed by atoms with van der Waals surface area (Å²) in [4.78, 5) is 0. The first kappa shape index (κ1) is 12.3. The van der Waals surface area contributed by atoms with E-state index >= 15 is 0 Å². The fourth-order valence-electron chi connectivity index (χ4n) is 1.82. The highest BCUT2D eigenvalue weighted by atomic mass is 16.5. The molecule has 2 heterocycles. The smallest absolute Gasteiger partial charge is 0.148 e. The first-order valence-electron chi connectivity index (χ1n) is 6.26. The van der Waals surface area contributed by atoms with Crippen molar-refractivity contribution in [1.82, 2.24) is 15.5 Å². The third-order valence-electron chi connectivity index (χ3n) is 2.75. The minimum absolute atomic E-state index is 0.362. The summed E-state index contributed by atoms with van der Waals surface area (Å²) in [6.45, 7) is 5.45. The van der Waals surface area contributed by atoms with Crippen LogP contribution in [0.5, 0.6) is 0 Å². The number of nitrogens with zero attached hydrogens (tertiary/aromatic N) is 2. The lowest BCUT2D eigenvalue weighted by atomic mass is 10.2. The van der Waals surface area contributed by atoms with Gasteiger partial charge in [0, 0.05) is 19.1 Å². The molecule has 0 bridgehead atoms. The van der Waals surface area contributed by atoms with Gasteiger partial charge in [0.25, 0.3) is 0 Å². The van der Waals surface area contributed by atoms with Crippen LogP contribution in [0, 0.1) is 0 Å². The van der Waals surface area contributed by atoms with E-state index < -0.39 is 0 Å². The molecule has 0 radical (unpaired) electrons. The molecule has 5 nitrogen and oxygen atoms in total. The van der Waals surface area contributed by atoms with E-state index in [-0.39, 0.29) is 0 Å². The molecule has 94 valence electrons. The van der Waals surface area contributed by atoms with Gasteiger partial charge in [-0.2, -0.15) is 5.10 Å². The highest BCUT2D eigenvalue weighted by Crippen LogP contribution is 2.04. The Morgan fingerprint density at radius 1 is 1.47 bits per heavy atom. The van der Waals surface area contributed by atoms with Gasteiger partial charge in [-0.3, -0.25) is 0 Å². The van der Waals surface area contributed by atoms with Crippen LogP contribution in [0.25, 0.3) is 0 Å². The number of aryl methyl sites for hydroxylation is 1. The summed E-state index contributed by atoms with van der Waals surface area (Å²) in [5.41, 5.74) is 1.05. The zero-order chi connectivity index (χ0) is 11.9. The first-order chi connectivity index (χ1) is 8.38. The highest BCUT2D eigenvalue weighted by Gasteiger charge is 2.12. The van der Waals surface area contributed by atoms with Gasteiger partial charge in [0.15, 0.2) is 0 Å². The molecule has 1 atom stereocenters. The Morgan fingerprint density at radius 2 is 2.41 bits per heavy atom. The van der Waals surface area contributed by atoms with Crippen LogP contribution in [0.3, 0.4) is 0 Å². The number of nitrogens with one attached hydrogen (secondary N) is 2. The number of rotatable bonds is 5. The summed E-state index contributed by atoms with van der Waals surface area (Å²) in [5.74, 6) is 0.831. The van der Waals surface area contributed by atoms with Crippen LogP contribution in [-0.4, -0.2) is 42.5 Å². The summed E-state index contributed by atoms with van der Waals surface area (Å²) in [7, 11) is 0. The molecular formula is C12H20N4O. The minimum Gasteiger partial charge on any atom is -0.378 e. The van der Waals surface area contributed by atoms with Crippen molar-refractivity contribution in [2.24, 2.45) is 0 Å². The number of ether oxygens (including phenoxy) is 1. The molecule has 1 aliphatic heterocycles. The summed E-state index contributed by atoms with van der Waals surface area (Å²) in [6.07, 6.45) is 2.09. The first-order valence-corrected chi connectivity index (χ1v) is 6.26. The third-order valence-corrected chi connectivity index (χ3v) is 2.75. The normalized spacial score (nSPS) is 20.2. The SMILES string of the molecule is CCCc1ccc(NCC2COCCN2)nn1. The predicted molar refractivity (Wildman–Crippen MR) is 67.1 cm³/mol. The van der Waals surface area contributed by atoms with Gasteiger partial charge < -0.3 is 15.4 Å². The molecule has 0 saturated carbocycles. The monoisotopic (exact) mass is 236 g/mol. The second kappa shape index (κ2) is 6.51. The maximum absolute atomic E-state index is 5.38. The zero-order valence-corrected chi connectivity index (χ0v) is 10.3. The summed E-state index contributed by atoms with van der Waals surface area (Å²) in [6, 6.07) is 4.38. The van der Waals surface area contributed by atoms with Gasteiger partial charge >= 0.3 is 0 Å². The Hall–Kier alpha value is -1.20. The van der Waals surface area contributed by atoms with Crippen molar-refractivity contribution in [3.8, 4) is 0 Å². The maximum Gasteiger partial charge on any atom is 0.148 e. The van der Waals surface area contributed by atoms with Gasteiger partial charge in [0.2, 0.25) is 0 Å². The van der Waals surface area contributed by atoms with Crippen LogP contribution < -0.4 is 10.6 Å². The quantitative estimate of drug-likeness (QED) is 0.793. The molecule has 1 fully saturated rings. The maximum atomic E-state index is 5.38. The highest BCUT2D eigenvalue weighted by molar-refractivity contribution is 5.33. The van der Waals surface area contributed by atoms with E-state index in [1.165, 1.54) is 0 Å². The largest absolute Gasteiger partial charge is 0.378 e. The number of anilines is 1. The van der Waals surface area contributed by atoms with Gasteiger partial charge in [0.05, 0.1) is 18.9 Å². The lowest BCUT2D eigenvalue weighted by Gasteiger charge is -2.24.